The van der Waals surface area contributed by atoms with Crippen LogP contribution in [0.2, 0.25) is 0 Å². The molecule has 2 rings (SSSR count). The van der Waals surface area contributed by atoms with Crippen molar-refractivity contribution in [2.75, 3.05) is 0 Å². The molecule has 0 aromatic carbocycles. The Labute approximate surface area is 114 Å². The maximum atomic E-state index is 5.35. The van der Waals surface area contributed by atoms with Crippen LogP contribution in [0.5, 0.6) is 0 Å². The molecule has 0 aliphatic rings. The number of hydrogen-bond acceptors (Lipinski definition) is 3. The largest absolute Gasteiger partial charge is 0.469 e. The summed E-state index contributed by atoms with van der Waals surface area (Å²) < 4.78 is 7.27. The third kappa shape index (κ3) is 3.47. The first-order valence-electron chi connectivity index (χ1n) is 6.85. The highest BCUT2D eigenvalue weighted by molar-refractivity contribution is 5.19. The van der Waals surface area contributed by atoms with Crippen molar-refractivity contribution in [3.05, 3.63) is 41.6 Å². The summed E-state index contributed by atoms with van der Waals surface area (Å²) in [4.78, 5) is 0. The van der Waals surface area contributed by atoms with Gasteiger partial charge in [-0.2, -0.15) is 5.10 Å². The first kappa shape index (κ1) is 13.9. The molecule has 4 heteroatoms. The van der Waals surface area contributed by atoms with E-state index in [4.69, 9.17) is 4.42 Å². The van der Waals surface area contributed by atoms with E-state index in [1.165, 1.54) is 11.3 Å². The van der Waals surface area contributed by atoms with Gasteiger partial charge >= 0.3 is 0 Å². The second-order valence-corrected chi connectivity index (χ2v) is 5.22. The highest BCUT2D eigenvalue weighted by atomic mass is 16.3. The van der Waals surface area contributed by atoms with E-state index in [-0.39, 0.29) is 0 Å². The lowest BCUT2D eigenvalue weighted by atomic mass is 10.1. The Kier molecular flexibility index (Phi) is 4.43. The molecular formula is C15H23N3O. The molecule has 2 unspecified atom stereocenters. The molecule has 0 spiro atoms. The van der Waals surface area contributed by atoms with E-state index in [9.17, 15) is 0 Å². The van der Waals surface area contributed by atoms with Gasteiger partial charge in [0.1, 0.15) is 5.76 Å². The monoisotopic (exact) mass is 261 g/mol. The molecule has 0 aliphatic carbocycles. The van der Waals surface area contributed by atoms with Gasteiger partial charge in [0.2, 0.25) is 0 Å². The summed E-state index contributed by atoms with van der Waals surface area (Å²) in [6.07, 6.45) is 5.72. The molecule has 0 saturated heterocycles. The molecule has 104 valence electrons. The van der Waals surface area contributed by atoms with Gasteiger partial charge in [-0.05, 0) is 39.3 Å². The Morgan fingerprint density at radius 1 is 1.42 bits per heavy atom. The molecule has 0 fully saturated rings. The minimum absolute atomic E-state index is 0.320. The number of aryl methyl sites for hydroxylation is 2. The van der Waals surface area contributed by atoms with Crippen molar-refractivity contribution in [2.24, 2.45) is 7.05 Å². The van der Waals surface area contributed by atoms with Crippen molar-refractivity contribution in [3.63, 3.8) is 0 Å². The summed E-state index contributed by atoms with van der Waals surface area (Å²) >= 11 is 0. The van der Waals surface area contributed by atoms with Crippen molar-refractivity contribution in [1.82, 2.24) is 15.1 Å². The normalized spacial score (nSPS) is 14.5. The molecule has 4 nitrogen and oxygen atoms in total. The lowest BCUT2D eigenvalue weighted by Crippen LogP contribution is -2.29. The van der Waals surface area contributed by atoms with Crippen LogP contribution in [-0.2, 0) is 13.5 Å². The zero-order chi connectivity index (χ0) is 13.8. The van der Waals surface area contributed by atoms with Gasteiger partial charge in [-0.15, -0.1) is 0 Å². The predicted molar refractivity (Wildman–Crippen MR) is 76.0 cm³/mol. The fraction of sp³-hybridized carbons (Fsp3) is 0.533. The van der Waals surface area contributed by atoms with E-state index in [0.717, 1.165) is 18.6 Å². The van der Waals surface area contributed by atoms with Crippen molar-refractivity contribution in [2.45, 2.75) is 45.7 Å². The maximum Gasteiger partial charge on any atom is 0.103 e. The molecule has 2 atom stereocenters. The molecule has 0 amide bonds. The molecule has 19 heavy (non-hydrogen) atoms. The van der Waals surface area contributed by atoms with Crippen LogP contribution in [0.4, 0.5) is 0 Å². The van der Waals surface area contributed by atoms with Gasteiger partial charge in [0.15, 0.2) is 0 Å². The third-order valence-electron chi connectivity index (χ3n) is 3.68. The molecule has 1 N–H and O–H groups in total. The lowest BCUT2D eigenvalue weighted by molar-refractivity contribution is 0.430. The quantitative estimate of drug-likeness (QED) is 0.869. The van der Waals surface area contributed by atoms with Crippen molar-refractivity contribution >= 4 is 0 Å². The second-order valence-electron chi connectivity index (χ2n) is 5.22. The van der Waals surface area contributed by atoms with Gasteiger partial charge < -0.3 is 9.73 Å². The molecule has 2 aromatic heterocycles. The topological polar surface area (TPSA) is 43.0 Å². The minimum atomic E-state index is 0.320. The second kappa shape index (κ2) is 6.06. The summed E-state index contributed by atoms with van der Waals surface area (Å²) in [6, 6.07) is 4.73. The van der Waals surface area contributed by atoms with E-state index < -0.39 is 0 Å². The van der Waals surface area contributed by atoms with Crippen LogP contribution >= 0.6 is 0 Å². The van der Waals surface area contributed by atoms with Crippen molar-refractivity contribution in [1.29, 1.82) is 0 Å². The Balaban J connectivity index is 1.84. The van der Waals surface area contributed by atoms with E-state index in [0.29, 0.717) is 12.1 Å². The summed E-state index contributed by atoms with van der Waals surface area (Å²) in [5.74, 6) is 1.05. The Hall–Kier alpha value is -1.55. The fourth-order valence-electron chi connectivity index (χ4n) is 2.35. The Morgan fingerprint density at radius 3 is 2.79 bits per heavy atom. The van der Waals surface area contributed by atoms with Crippen LogP contribution in [0.3, 0.4) is 0 Å². The molecule has 2 aromatic rings. The van der Waals surface area contributed by atoms with Gasteiger partial charge in [-0.25, -0.2) is 0 Å². The number of furan rings is 1. The van der Waals surface area contributed by atoms with Crippen molar-refractivity contribution < 1.29 is 4.42 Å². The number of aromatic nitrogens is 2. The van der Waals surface area contributed by atoms with Gasteiger partial charge in [0, 0.05) is 36.8 Å². The molecule has 0 bridgehead atoms. The third-order valence-corrected chi connectivity index (χ3v) is 3.68. The highest BCUT2D eigenvalue weighted by Crippen LogP contribution is 2.17. The summed E-state index contributed by atoms with van der Waals surface area (Å²) in [6.45, 7) is 6.51. The molecular weight excluding hydrogens is 238 g/mol. The van der Waals surface area contributed by atoms with Gasteiger partial charge in [0.25, 0.3) is 0 Å². The zero-order valence-electron chi connectivity index (χ0n) is 12.2. The maximum absolute atomic E-state index is 5.35. The van der Waals surface area contributed by atoms with Crippen LogP contribution in [0.25, 0.3) is 0 Å². The van der Waals surface area contributed by atoms with Crippen molar-refractivity contribution in [3.8, 4) is 0 Å². The van der Waals surface area contributed by atoms with Gasteiger partial charge in [-0.3, -0.25) is 4.68 Å². The number of hydrogen-bond donors (Lipinski definition) is 1. The first-order chi connectivity index (χ1) is 9.08. The van der Waals surface area contributed by atoms with Crippen LogP contribution in [-0.4, -0.2) is 15.8 Å². The van der Waals surface area contributed by atoms with E-state index in [2.05, 4.69) is 31.2 Å². The minimum Gasteiger partial charge on any atom is -0.469 e. The average molecular weight is 261 g/mol. The van der Waals surface area contributed by atoms with Crippen LogP contribution in [0.1, 0.15) is 43.3 Å². The van der Waals surface area contributed by atoms with E-state index >= 15 is 0 Å². The average Bonchev–Trinajstić information content (AvgIpc) is 2.98. The molecule has 2 heterocycles. The lowest BCUT2D eigenvalue weighted by Gasteiger charge is -2.19. The summed E-state index contributed by atoms with van der Waals surface area (Å²) in [5, 5.41) is 7.91. The summed E-state index contributed by atoms with van der Waals surface area (Å²) in [7, 11) is 1.98. The smallest absolute Gasteiger partial charge is 0.103 e. The SMILES string of the molecule is Cc1c(C(C)NC(C)CCc2ccco2)cnn1C. The zero-order valence-corrected chi connectivity index (χ0v) is 12.2. The van der Waals surface area contributed by atoms with Crippen LogP contribution in [0.15, 0.2) is 29.0 Å². The van der Waals surface area contributed by atoms with Gasteiger partial charge in [-0.1, -0.05) is 0 Å². The molecule has 0 radical (unpaired) electrons. The fourth-order valence-corrected chi connectivity index (χ4v) is 2.35. The molecule has 0 aliphatic heterocycles. The number of nitrogens with zero attached hydrogens (tertiary/aromatic N) is 2. The number of nitrogens with one attached hydrogen (secondary N) is 1. The standard InChI is InChI=1S/C15H23N3O/c1-11(7-8-14-6-5-9-19-14)17-12(2)15-10-16-18(4)13(15)3/h5-6,9-12,17H,7-8H2,1-4H3. The Morgan fingerprint density at radius 2 is 2.21 bits per heavy atom. The van der Waals surface area contributed by atoms with E-state index in [1.807, 2.05) is 30.1 Å². The summed E-state index contributed by atoms with van der Waals surface area (Å²) in [5.41, 5.74) is 2.49. The Bertz CT molecular complexity index is 501. The van der Waals surface area contributed by atoms with Crippen LogP contribution < -0.4 is 5.32 Å². The number of rotatable bonds is 6. The predicted octanol–water partition coefficient (Wildman–Crippen LogP) is 2.99. The van der Waals surface area contributed by atoms with Crippen LogP contribution in [0, 0.1) is 6.92 Å². The van der Waals surface area contributed by atoms with Gasteiger partial charge in [0.05, 0.1) is 12.5 Å². The first-order valence-corrected chi connectivity index (χ1v) is 6.85. The van der Waals surface area contributed by atoms with E-state index in [1.54, 1.807) is 6.26 Å². The molecule has 0 saturated carbocycles. The highest BCUT2D eigenvalue weighted by Gasteiger charge is 2.14.